The van der Waals surface area contributed by atoms with Gasteiger partial charge in [-0.1, -0.05) is 5.16 Å². The van der Waals surface area contributed by atoms with E-state index < -0.39 is 5.91 Å². The fraction of sp³-hybridized carbons (Fsp3) is 0.417. The van der Waals surface area contributed by atoms with Crippen molar-refractivity contribution in [2.24, 2.45) is 5.92 Å². The Morgan fingerprint density at radius 2 is 2.19 bits per heavy atom. The van der Waals surface area contributed by atoms with E-state index in [-0.39, 0.29) is 30.1 Å². The molecular formula is C12H13N5O4. The van der Waals surface area contributed by atoms with E-state index in [2.05, 4.69) is 25.8 Å². The van der Waals surface area contributed by atoms with E-state index in [1.54, 1.807) is 6.92 Å². The average molecular weight is 291 g/mol. The number of aryl methyl sites for hydroxylation is 1. The first-order chi connectivity index (χ1) is 10.1. The number of rotatable bonds is 5. The Morgan fingerprint density at radius 3 is 2.86 bits per heavy atom. The van der Waals surface area contributed by atoms with Crippen molar-refractivity contribution in [3.8, 4) is 0 Å². The number of amides is 2. The Balaban J connectivity index is 1.54. The summed E-state index contributed by atoms with van der Waals surface area (Å²) in [5.41, 5.74) is 0.0670. The van der Waals surface area contributed by atoms with Gasteiger partial charge in [-0.25, -0.2) is 0 Å². The van der Waals surface area contributed by atoms with Crippen LogP contribution in [0, 0.1) is 12.8 Å². The summed E-state index contributed by atoms with van der Waals surface area (Å²) in [5.74, 6) is 0.235. The van der Waals surface area contributed by atoms with E-state index in [0.29, 0.717) is 11.7 Å². The third-order valence-electron chi connectivity index (χ3n) is 2.88. The molecule has 1 aliphatic rings. The highest BCUT2D eigenvalue weighted by molar-refractivity contribution is 5.94. The van der Waals surface area contributed by atoms with Crippen molar-refractivity contribution in [2.45, 2.75) is 26.3 Å². The van der Waals surface area contributed by atoms with Crippen molar-refractivity contribution in [1.29, 1.82) is 0 Å². The number of carbonyl (C=O) groups is 2. The van der Waals surface area contributed by atoms with E-state index >= 15 is 0 Å². The second-order valence-electron chi connectivity index (χ2n) is 4.72. The van der Waals surface area contributed by atoms with Gasteiger partial charge in [-0.05, 0) is 19.8 Å². The number of nitrogens with zero attached hydrogens (tertiary/aromatic N) is 3. The molecule has 9 heteroatoms. The first kappa shape index (κ1) is 13.3. The summed E-state index contributed by atoms with van der Waals surface area (Å²) in [5, 5.41) is 8.69. The molecule has 0 bridgehead atoms. The van der Waals surface area contributed by atoms with Crippen molar-refractivity contribution >= 4 is 17.8 Å². The molecule has 2 amide bonds. The highest BCUT2D eigenvalue weighted by Crippen LogP contribution is 2.30. The highest BCUT2D eigenvalue weighted by Gasteiger charge is 2.30. The topological polar surface area (TPSA) is 123 Å². The summed E-state index contributed by atoms with van der Waals surface area (Å²) in [6.45, 7) is 1.78. The van der Waals surface area contributed by atoms with E-state index in [4.69, 9.17) is 8.94 Å². The number of hydrogen-bond donors (Lipinski definition) is 2. The maximum atomic E-state index is 11.8. The summed E-state index contributed by atoms with van der Waals surface area (Å²) in [7, 11) is 0. The van der Waals surface area contributed by atoms with Crippen LogP contribution in [0.2, 0.25) is 0 Å². The maximum Gasteiger partial charge on any atom is 0.302 e. The van der Waals surface area contributed by atoms with Gasteiger partial charge in [0.25, 0.3) is 5.91 Å². The van der Waals surface area contributed by atoms with Gasteiger partial charge in [0.15, 0.2) is 11.5 Å². The van der Waals surface area contributed by atoms with E-state index in [0.717, 1.165) is 12.8 Å². The lowest BCUT2D eigenvalue weighted by molar-refractivity contribution is -0.117. The van der Waals surface area contributed by atoms with Crippen molar-refractivity contribution in [3.63, 3.8) is 0 Å². The molecule has 2 aromatic heterocycles. The van der Waals surface area contributed by atoms with Crippen molar-refractivity contribution in [1.82, 2.24) is 20.4 Å². The first-order valence-electron chi connectivity index (χ1n) is 6.45. The van der Waals surface area contributed by atoms with Crippen LogP contribution < -0.4 is 10.6 Å². The first-order valence-corrected chi connectivity index (χ1v) is 6.45. The van der Waals surface area contributed by atoms with Crippen molar-refractivity contribution < 1.29 is 18.5 Å². The molecule has 9 nitrogen and oxygen atoms in total. The molecule has 0 spiro atoms. The molecule has 0 unspecified atom stereocenters. The Morgan fingerprint density at radius 1 is 1.38 bits per heavy atom. The molecule has 1 aliphatic carbocycles. The Kier molecular flexibility index (Phi) is 3.38. The summed E-state index contributed by atoms with van der Waals surface area (Å²) in [4.78, 5) is 31.2. The third kappa shape index (κ3) is 3.25. The number of aromatic nitrogens is 3. The third-order valence-corrected chi connectivity index (χ3v) is 2.88. The van der Waals surface area contributed by atoms with E-state index in [1.807, 2.05) is 0 Å². The van der Waals surface area contributed by atoms with Crippen molar-refractivity contribution in [3.05, 3.63) is 23.7 Å². The van der Waals surface area contributed by atoms with Crippen LogP contribution in [-0.2, 0) is 11.3 Å². The van der Waals surface area contributed by atoms with Crippen LogP contribution in [0.25, 0.3) is 0 Å². The normalized spacial score (nSPS) is 14.0. The second-order valence-corrected chi connectivity index (χ2v) is 4.72. The lowest BCUT2D eigenvalue weighted by Crippen LogP contribution is -2.23. The fourth-order valence-corrected chi connectivity index (χ4v) is 1.65. The van der Waals surface area contributed by atoms with Gasteiger partial charge in [0.05, 0.1) is 6.54 Å². The van der Waals surface area contributed by atoms with E-state index in [9.17, 15) is 9.59 Å². The summed E-state index contributed by atoms with van der Waals surface area (Å²) < 4.78 is 9.90. The van der Waals surface area contributed by atoms with Crippen LogP contribution in [0.3, 0.4) is 0 Å². The summed E-state index contributed by atoms with van der Waals surface area (Å²) >= 11 is 0. The SMILES string of the molecule is Cc1noc(CNC(=O)c2coc(NC(=O)C3CC3)n2)n1. The zero-order chi connectivity index (χ0) is 14.8. The summed E-state index contributed by atoms with van der Waals surface area (Å²) in [6.07, 6.45) is 2.93. The average Bonchev–Trinajstić information content (AvgIpc) is 3.08. The predicted octanol–water partition coefficient (Wildman–Crippen LogP) is 0.645. The Labute approximate surface area is 119 Å². The summed E-state index contributed by atoms with van der Waals surface area (Å²) in [6, 6.07) is 0.0192. The number of oxazole rings is 1. The zero-order valence-electron chi connectivity index (χ0n) is 11.3. The smallest absolute Gasteiger partial charge is 0.302 e. The van der Waals surface area contributed by atoms with Gasteiger partial charge in [-0.15, -0.1) is 0 Å². The van der Waals surface area contributed by atoms with Crippen LogP contribution in [0.1, 0.15) is 35.0 Å². The molecule has 1 saturated carbocycles. The minimum atomic E-state index is -0.457. The van der Waals surface area contributed by atoms with Gasteiger partial charge in [-0.3, -0.25) is 14.9 Å². The molecule has 21 heavy (non-hydrogen) atoms. The minimum Gasteiger partial charge on any atom is -0.431 e. The van der Waals surface area contributed by atoms with Crippen LogP contribution in [0.4, 0.5) is 6.01 Å². The Bertz CT molecular complexity index is 673. The molecule has 110 valence electrons. The Hall–Kier alpha value is -2.71. The monoisotopic (exact) mass is 291 g/mol. The highest BCUT2D eigenvalue weighted by atomic mass is 16.5. The van der Waals surface area contributed by atoms with Crippen LogP contribution in [-0.4, -0.2) is 26.9 Å². The van der Waals surface area contributed by atoms with Gasteiger partial charge < -0.3 is 14.3 Å². The van der Waals surface area contributed by atoms with Gasteiger partial charge in [0.2, 0.25) is 11.8 Å². The number of hydrogen-bond acceptors (Lipinski definition) is 7. The number of anilines is 1. The largest absolute Gasteiger partial charge is 0.431 e. The maximum absolute atomic E-state index is 11.8. The van der Waals surface area contributed by atoms with Gasteiger partial charge >= 0.3 is 6.01 Å². The number of nitrogens with one attached hydrogen (secondary N) is 2. The van der Waals surface area contributed by atoms with Gasteiger partial charge in [0.1, 0.15) is 6.26 Å². The lowest BCUT2D eigenvalue weighted by atomic mass is 10.4. The molecular weight excluding hydrogens is 278 g/mol. The fourth-order valence-electron chi connectivity index (χ4n) is 1.65. The van der Waals surface area contributed by atoms with E-state index in [1.165, 1.54) is 6.26 Å². The molecule has 0 aliphatic heterocycles. The second kappa shape index (κ2) is 5.35. The lowest BCUT2D eigenvalue weighted by Gasteiger charge is -1.98. The molecule has 2 N–H and O–H groups in total. The molecule has 0 saturated heterocycles. The van der Waals surface area contributed by atoms with Gasteiger partial charge in [-0.2, -0.15) is 9.97 Å². The van der Waals surface area contributed by atoms with Crippen LogP contribution >= 0.6 is 0 Å². The molecule has 2 aromatic rings. The van der Waals surface area contributed by atoms with Crippen LogP contribution in [0.15, 0.2) is 15.2 Å². The zero-order valence-corrected chi connectivity index (χ0v) is 11.3. The predicted molar refractivity (Wildman–Crippen MR) is 68.1 cm³/mol. The molecule has 1 fully saturated rings. The van der Waals surface area contributed by atoms with Gasteiger partial charge in [0, 0.05) is 5.92 Å². The molecule has 2 heterocycles. The minimum absolute atomic E-state index is 0.0192. The molecule has 0 radical (unpaired) electrons. The van der Waals surface area contributed by atoms with Crippen LogP contribution in [0.5, 0.6) is 0 Å². The standard InChI is InChI=1S/C12H13N5O4/c1-6-14-9(21-17-6)4-13-11(19)8-5-20-12(15-8)16-10(18)7-2-3-7/h5,7H,2-4H2,1H3,(H,13,19)(H,15,16,18). The van der Waals surface area contributed by atoms with Crippen molar-refractivity contribution in [2.75, 3.05) is 5.32 Å². The number of carbonyl (C=O) groups excluding carboxylic acids is 2. The molecule has 0 aromatic carbocycles. The molecule has 0 atom stereocenters. The molecule has 3 rings (SSSR count). The quantitative estimate of drug-likeness (QED) is 0.828.